The summed E-state index contributed by atoms with van der Waals surface area (Å²) >= 11 is 7.91. The smallest absolute Gasteiger partial charge is 0.232 e. The van der Waals surface area contributed by atoms with Crippen molar-refractivity contribution < 1.29 is 4.79 Å². The number of nitrogens with zero attached hydrogens (tertiary/aromatic N) is 1. The van der Waals surface area contributed by atoms with E-state index < -0.39 is 0 Å². The second kappa shape index (κ2) is 7.91. The molecule has 5 heteroatoms. The maximum Gasteiger partial charge on any atom is 0.232 e. The van der Waals surface area contributed by atoms with Crippen molar-refractivity contribution in [2.75, 3.05) is 25.9 Å². The molecule has 0 aliphatic carbocycles. The lowest BCUT2D eigenvalue weighted by Gasteiger charge is -2.23. The molecule has 0 saturated carbocycles. The quantitative estimate of drug-likeness (QED) is 0.907. The topological polar surface area (TPSA) is 32.3 Å². The second-order valence-corrected chi connectivity index (χ2v) is 6.80. The van der Waals surface area contributed by atoms with Crippen LogP contribution in [-0.4, -0.2) is 41.9 Å². The van der Waals surface area contributed by atoms with Crippen LogP contribution in [0.5, 0.6) is 0 Å². The summed E-state index contributed by atoms with van der Waals surface area (Å²) in [6, 6.07) is 7.68. The minimum absolute atomic E-state index is 0.174. The number of amides is 1. The summed E-state index contributed by atoms with van der Waals surface area (Å²) in [6.07, 6.45) is 2.32. The van der Waals surface area contributed by atoms with Crippen molar-refractivity contribution in [2.45, 2.75) is 24.6 Å². The van der Waals surface area contributed by atoms with E-state index in [2.05, 4.69) is 5.32 Å². The molecule has 3 nitrogen and oxygen atoms in total. The van der Waals surface area contributed by atoms with Gasteiger partial charge in [0.25, 0.3) is 0 Å². The molecular formula is C15H21ClN2OS. The lowest BCUT2D eigenvalue weighted by molar-refractivity contribution is -0.127. The van der Waals surface area contributed by atoms with Gasteiger partial charge in [-0.1, -0.05) is 29.8 Å². The van der Waals surface area contributed by atoms with Gasteiger partial charge in [0.1, 0.15) is 0 Å². The van der Waals surface area contributed by atoms with E-state index in [1.165, 1.54) is 0 Å². The van der Waals surface area contributed by atoms with Crippen LogP contribution < -0.4 is 5.32 Å². The van der Waals surface area contributed by atoms with Crippen molar-refractivity contribution in [1.82, 2.24) is 10.2 Å². The van der Waals surface area contributed by atoms with Crippen molar-refractivity contribution in [2.24, 2.45) is 0 Å². The molecule has 1 heterocycles. The predicted molar refractivity (Wildman–Crippen MR) is 86.3 cm³/mol. The van der Waals surface area contributed by atoms with Crippen LogP contribution in [0.4, 0.5) is 0 Å². The Kier molecular flexibility index (Phi) is 6.20. The van der Waals surface area contributed by atoms with E-state index in [9.17, 15) is 4.79 Å². The molecule has 1 aliphatic rings. The average molecular weight is 313 g/mol. The molecule has 110 valence electrons. The van der Waals surface area contributed by atoms with Gasteiger partial charge in [-0.3, -0.25) is 4.79 Å². The number of nitrogens with one attached hydrogen (secondary N) is 1. The summed E-state index contributed by atoms with van der Waals surface area (Å²) in [7, 11) is 1.84. The molecule has 1 N–H and O–H groups in total. The molecule has 0 unspecified atom stereocenters. The highest BCUT2D eigenvalue weighted by molar-refractivity contribution is 8.00. The number of hydrogen-bond donors (Lipinski definition) is 1. The molecule has 1 fully saturated rings. The van der Waals surface area contributed by atoms with Gasteiger partial charge >= 0.3 is 0 Å². The van der Waals surface area contributed by atoms with Crippen LogP contribution in [0, 0.1) is 0 Å². The molecule has 0 aromatic heterocycles. The van der Waals surface area contributed by atoms with E-state index in [0.717, 1.165) is 36.5 Å². The summed E-state index contributed by atoms with van der Waals surface area (Å²) in [5.41, 5.74) is 0.997. The fraction of sp³-hybridized carbons (Fsp3) is 0.533. The predicted octanol–water partition coefficient (Wildman–Crippen LogP) is 2.78. The Bertz CT molecular complexity index is 449. The molecule has 1 saturated heterocycles. The van der Waals surface area contributed by atoms with Crippen LogP contribution in [0.15, 0.2) is 24.3 Å². The van der Waals surface area contributed by atoms with Crippen molar-refractivity contribution >= 4 is 29.3 Å². The zero-order chi connectivity index (χ0) is 14.4. The highest BCUT2D eigenvalue weighted by atomic mass is 35.5. The Morgan fingerprint density at radius 1 is 1.40 bits per heavy atom. The third-order valence-electron chi connectivity index (χ3n) is 3.52. The van der Waals surface area contributed by atoms with Gasteiger partial charge in [0, 0.05) is 23.9 Å². The van der Waals surface area contributed by atoms with Crippen molar-refractivity contribution in [1.29, 1.82) is 0 Å². The van der Waals surface area contributed by atoms with Gasteiger partial charge < -0.3 is 10.2 Å². The number of carbonyl (C=O) groups excluding carboxylic acids is 1. The SMILES string of the molecule is CN(Cc1ccccc1Cl)C(=O)CSC1CCNCC1. The normalized spacial score (nSPS) is 16.1. The van der Waals surface area contributed by atoms with E-state index in [0.29, 0.717) is 17.5 Å². The third kappa shape index (κ3) is 4.69. The summed E-state index contributed by atoms with van der Waals surface area (Å²) in [5, 5.41) is 4.68. The first-order valence-corrected chi connectivity index (χ1v) is 8.39. The van der Waals surface area contributed by atoms with Crippen LogP contribution in [-0.2, 0) is 11.3 Å². The highest BCUT2D eigenvalue weighted by Crippen LogP contribution is 2.21. The molecule has 1 aliphatic heterocycles. The number of carbonyl (C=O) groups is 1. The van der Waals surface area contributed by atoms with Gasteiger partial charge in [-0.2, -0.15) is 0 Å². The highest BCUT2D eigenvalue weighted by Gasteiger charge is 2.17. The van der Waals surface area contributed by atoms with Crippen molar-refractivity contribution in [3.63, 3.8) is 0 Å². The Morgan fingerprint density at radius 3 is 2.80 bits per heavy atom. The second-order valence-electron chi connectivity index (χ2n) is 5.10. The number of hydrogen-bond acceptors (Lipinski definition) is 3. The fourth-order valence-electron chi connectivity index (χ4n) is 2.23. The van der Waals surface area contributed by atoms with Crippen LogP contribution in [0.25, 0.3) is 0 Å². The van der Waals surface area contributed by atoms with Crippen LogP contribution >= 0.6 is 23.4 Å². The van der Waals surface area contributed by atoms with Crippen LogP contribution in [0.2, 0.25) is 5.02 Å². The average Bonchev–Trinajstić information content (AvgIpc) is 2.48. The Labute approximate surface area is 130 Å². The summed E-state index contributed by atoms with van der Waals surface area (Å²) in [4.78, 5) is 13.9. The minimum atomic E-state index is 0.174. The monoisotopic (exact) mass is 312 g/mol. The molecule has 20 heavy (non-hydrogen) atoms. The van der Waals surface area contributed by atoms with Gasteiger partial charge in [0.15, 0.2) is 0 Å². The zero-order valence-corrected chi connectivity index (χ0v) is 13.3. The maximum absolute atomic E-state index is 12.1. The van der Waals surface area contributed by atoms with Crippen molar-refractivity contribution in [3.05, 3.63) is 34.9 Å². The molecule has 1 aromatic rings. The minimum Gasteiger partial charge on any atom is -0.341 e. The zero-order valence-electron chi connectivity index (χ0n) is 11.8. The first kappa shape index (κ1) is 15.7. The summed E-state index contributed by atoms with van der Waals surface area (Å²) in [5.74, 6) is 0.736. The number of thioether (sulfide) groups is 1. The number of halogens is 1. The summed E-state index contributed by atoms with van der Waals surface area (Å²) < 4.78 is 0. The van der Waals surface area contributed by atoms with Crippen LogP contribution in [0.3, 0.4) is 0 Å². The molecule has 1 aromatic carbocycles. The summed E-state index contributed by atoms with van der Waals surface area (Å²) in [6.45, 7) is 2.72. The molecule has 2 rings (SSSR count). The van der Waals surface area contributed by atoms with Gasteiger partial charge in [0.05, 0.1) is 5.75 Å². The van der Waals surface area contributed by atoms with Gasteiger partial charge in [-0.05, 0) is 37.6 Å². The maximum atomic E-state index is 12.1. The fourth-order valence-corrected chi connectivity index (χ4v) is 3.59. The Balaban J connectivity index is 1.78. The molecule has 0 radical (unpaired) electrons. The van der Waals surface area contributed by atoms with E-state index in [-0.39, 0.29) is 5.91 Å². The number of benzene rings is 1. The Morgan fingerprint density at radius 2 is 2.10 bits per heavy atom. The standard InChI is InChI=1S/C15H21ClN2OS/c1-18(10-12-4-2-3-5-14(12)16)15(19)11-20-13-6-8-17-9-7-13/h2-5,13,17H,6-11H2,1H3. The van der Waals surface area contributed by atoms with E-state index in [4.69, 9.17) is 11.6 Å². The van der Waals surface area contributed by atoms with E-state index in [1.807, 2.05) is 31.3 Å². The molecule has 1 amide bonds. The third-order valence-corrected chi connectivity index (χ3v) is 5.24. The first-order valence-electron chi connectivity index (χ1n) is 6.96. The molecular weight excluding hydrogens is 292 g/mol. The van der Waals surface area contributed by atoms with Crippen LogP contribution in [0.1, 0.15) is 18.4 Å². The van der Waals surface area contributed by atoms with E-state index in [1.54, 1.807) is 16.7 Å². The Hall–Kier alpha value is -0.710. The number of piperidine rings is 1. The van der Waals surface area contributed by atoms with E-state index >= 15 is 0 Å². The van der Waals surface area contributed by atoms with Gasteiger partial charge in [0.2, 0.25) is 5.91 Å². The first-order chi connectivity index (χ1) is 9.66. The lowest BCUT2D eigenvalue weighted by atomic mass is 10.2. The molecule has 0 atom stereocenters. The van der Waals surface area contributed by atoms with Gasteiger partial charge in [-0.25, -0.2) is 0 Å². The molecule has 0 bridgehead atoms. The van der Waals surface area contributed by atoms with Gasteiger partial charge in [-0.15, -0.1) is 11.8 Å². The lowest BCUT2D eigenvalue weighted by Crippen LogP contribution is -2.32. The number of rotatable bonds is 5. The largest absolute Gasteiger partial charge is 0.341 e. The van der Waals surface area contributed by atoms with Crippen molar-refractivity contribution in [3.8, 4) is 0 Å². The molecule has 0 spiro atoms.